The standard InChI is InChI=1S/C16H30N4O/c1-4-6-8-11-19(3)16(17-5-2)18-14-15(21)20-12-9-7-10-13-20/h4H,1,5-14H2,2-3H3,(H,17,18). The molecule has 5 heteroatoms. The highest BCUT2D eigenvalue weighted by atomic mass is 16.2. The van der Waals surface area contributed by atoms with Gasteiger partial charge in [-0.2, -0.15) is 0 Å². The summed E-state index contributed by atoms with van der Waals surface area (Å²) in [6, 6.07) is 0. The molecule has 120 valence electrons. The number of allylic oxidation sites excluding steroid dienone is 1. The van der Waals surface area contributed by atoms with E-state index in [1.54, 1.807) is 0 Å². The van der Waals surface area contributed by atoms with Crippen molar-refractivity contribution >= 4 is 11.9 Å². The number of nitrogens with zero attached hydrogens (tertiary/aromatic N) is 3. The molecule has 1 aliphatic heterocycles. The van der Waals surface area contributed by atoms with Crippen LogP contribution in [0.3, 0.4) is 0 Å². The Hall–Kier alpha value is -1.52. The monoisotopic (exact) mass is 294 g/mol. The maximum Gasteiger partial charge on any atom is 0.244 e. The number of amides is 1. The Bertz CT molecular complexity index is 348. The van der Waals surface area contributed by atoms with E-state index in [2.05, 4.69) is 21.8 Å². The molecule has 1 heterocycles. The molecule has 0 aromatic heterocycles. The van der Waals surface area contributed by atoms with Crippen LogP contribution in [0.2, 0.25) is 0 Å². The Labute approximate surface area is 129 Å². The first kappa shape index (κ1) is 17.5. The molecule has 0 spiro atoms. The predicted octanol–water partition coefficient (Wildman–Crippen LogP) is 1.86. The molecule has 0 saturated carbocycles. The number of guanidine groups is 1. The molecule has 1 rings (SSSR count). The van der Waals surface area contributed by atoms with E-state index in [1.807, 2.05) is 24.9 Å². The van der Waals surface area contributed by atoms with Crippen molar-refractivity contribution < 1.29 is 4.79 Å². The van der Waals surface area contributed by atoms with Crippen molar-refractivity contribution in [2.24, 2.45) is 4.99 Å². The third kappa shape index (κ3) is 6.65. The van der Waals surface area contributed by atoms with Gasteiger partial charge in [-0.15, -0.1) is 6.58 Å². The lowest BCUT2D eigenvalue weighted by atomic mass is 10.1. The van der Waals surface area contributed by atoms with Crippen LogP contribution in [0, 0.1) is 0 Å². The fourth-order valence-corrected chi connectivity index (χ4v) is 2.43. The third-order valence-electron chi connectivity index (χ3n) is 3.67. The number of carbonyl (C=O) groups is 1. The summed E-state index contributed by atoms with van der Waals surface area (Å²) in [6.45, 7) is 9.52. The Balaban J connectivity index is 2.48. The van der Waals surface area contributed by atoms with Crippen LogP contribution in [0.4, 0.5) is 0 Å². The maximum atomic E-state index is 12.1. The smallest absolute Gasteiger partial charge is 0.244 e. The van der Waals surface area contributed by atoms with Gasteiger partial charge in [0.05, 0.1) is 0 Å². The molecule has 1 N–H and O–H groups in total. The van der Waals surface area contributed by atoms with Crippen LogP contribution in [-0.2, 0) is 4.79 Å². The van der Waals surface area contributed by atoms with E-state index in [-0.39, 0.29) is 12.5 Å². The number of piperidine rings is 1. The summed E-state index contributed by atoms with van der Waals surface area (Å²) < 4.78 is 0. The van der Waals surface area contributed by atoms with Crippen LogP contribution in [0.5, 0.6) is 0 Å². The molecule has 1 aliphatic rings. The molecular weight excluding hydrogens is 264 g/mol. The highest BCUT2D eigenvalue weighted by molar-refractivity contribution is 5.84. The number of aliphatic imine (C=N–C) groups is 1. The Morgan fingerprint density at radius 3 is 2.71 bits per heavy atom. The van der Waals surface area contributed by atoms with Gasteiger partial charge in [0.1, 0.15) is 6.54 Å². The highest BCUT2D eigenvalue weighted by Gasteiger charge is 2.16. The summed E-state index contributed by atoms with van der Waals surface area (Å²) in [5, 5.41) is 3.25. The van der Waals surface area contributed by atoms with E-state index in [0.717, 1.165) is 57.8 Å². The van der Waals surface area contributed by atoms with Crippen molar-refractivity contribution in [2.75, 3.05) is 39.8 Å². The summed E-state index contributed by atoms with van der Waals surface area (Å²) in [6.07, 6.45) is 7.45. The zero-order valence-corrected chi connectivity index (χ0v) is 13.6. The summed E-state index contributed by atoms with van der Waals surface area (Å²) >= 11 is 0. The van der Waals surface area contributed by atoms with Crippen molar-refractivity contribution in [1.82, 2.24) is 15.1 Å². The predicted molar refractivity (Wildman–Crippen MR) is 88.5 cm³/mol. The van der Waals surface area contributed by atoms with Gasteiger partial charge in [0.2, 0.25) is 5.91 Å². The Morgan fingerprint density at radius 1 is 1.38 bits per heavy atom. The van der Waals surface area contributed by atoms with E-state index in [0.29, 0.717) is 0 Å². The fourth-order valence-electron chi connectivity index (χ4n) is 2.43. The molecule has 0 aliphatic carbocycles. The molecule has 0 aromatic rings. The molecule has 0 aromatic carbocycles. The van der Waals surface area contributed by atoms with Crippen LogP contribution in [-0.4, -0.2) is 61.4 Å². The second kappa shape index (κ2) is 10.2. The largest absolute Gasteiger partial charge is 0.357 e. The molecule has 1 saturated heterocycles. The first-order chi connectivity index (χ1) is 10.2. The van der Waals surface area contributed by atoms with E-state index in [4.69, 9.17) is 0 Å². The van der Waals surface area contributed by atoms with Crippen molar-refractivity contribution in [1.29, 1.82) is 0 Å². The number of carbonyl (C=O) groups excluding carboxylic acids is 1. The zero-order valence-electron chi connectivity index (χ0n) is 13.6. The normalized spacial score (nSPS) is 15.7. The zero-order chi connectivity index (χ0) is 15.5. The SMILES string of the molecule is C=CCCCN(C)C(=NCC(=O)N1CCCCC1)NCC. The molecule has 0 unspecified atom stereocenters. The maximum absolute atomic E-state index is 12.1. The molecule has 1 amide bonds. The van der Waals surface area contributed by atoms with Gasteiger partial charge < -0.3 is 15.1 Å². The van der Waals surface area contributed by atoms with E-state index in [9.17, 15) is 4.79 Å². The van der Waals surface area contributed by atoms with Crippen molar-refractivity contribution in [3.63, 3.8) is 0 Å². The van der Waals surface area contributed by atoms with Gasteiger partial charge in [-0.1, -0.05) is 6.08 Å². The highest BCUT2D eigenvalue weighted by Crippen LogP contribution is 2.08. The van der Waals surface area contributed by atoms with Gasteiger partial charge >= 0.3 is 0 Å². The molecule has 21 heavy (non-hydrogen) atoms. The van der Waals surface area contributed by atoms with Crippen LogP contribution in [0.25, 0.3) is 0 Å². The number of unbranched alkanes of at least 4 members (excludes halogenated alkanes) is 1. The van der Waals surface area contributed by atoms with Gasteiger partial charge in [-0.05, 0) is 39.0 Å². The third-order valence-corrected chi connectivity index (χ3v) is 3.67. The Morgan fingerprint density at radius 2 is 2.10 bits per heavy atom. The van der Waals surface area contributed by atoms with Gasteiger partial charge in [0.15, 0.2) is 5.96 Å². The molecular formula is C16H30N4O. The van der Waals surface area contributed by atoms with E-state index in [1.165, 1.54) is 6.42 Å². The minimum absolute atomic E-state index is 0.143. The lowest BCUT2D eigenvalue weighted by Gasteiger charge is -2.26. The van der Waals surface area contributed by atoms with Crippen LogP contribution >= 0.6 is 0 Å². The van der Waals surface area contributed by atoms with E-state index < -0.39 is 0 Å². The number of rotatable bonds is 7. The summed E-state index contributed by atoms with van der Waals surface area (Å²) in [5.41, 5.74) is 0. The number of nitrogens with one attached hydrogen (secondary N) is 1. The molecule has 0 bridgehead atoms. The minimum Gasteiger partial charge on any atom is -0.357 e. The van der Waals surface area contributed by atoms with Crippen molar-refractivity contribution in [3.8, 4) is 0 Å². The number of hydrogen-bond donors (Lipinski definition) is 1. The number of likely N-dealkylation sites (tertiary alicyclic amines) is 1. The Kier molecular flexibility index (Phi) is 8.55. The lowest BCUT2D eigenvalue weighted by Crippen LogP contribution is -2.41. The molecule has 5 nitrogen and oxygen atoms in total. The molecule has 0 atom stereocenters. The second-order valence-corrected chi connectivity index (χ2v) is 5.46. The summed E-state index contributed by atoms with van der Waals surface area (Å²) in [7, 11) is 2.01. The average Bonchev–Trinajstić information content (AvgIpc) is 2.52. The van der Waals surface area contributed by atoms with Crippen molar-refractivity contribution in [3.05, 3.63) is 12.7 Å². The molecule has 0 radical (unpaired) electrons. The van der Waals surface area contributed by atoms with Crippen LogP contribution in [0.15, 0.2) is 17.6 Å². The van der Waals surface area contributed by atoms with Crippen LogP contribution < -0.4 is 5.32 Å². The first-order valence-electron chi connectivity index (χ1n) is 8.07. The van der Waals surface area contributed by atoms with Gasteiger partial charge in [-0.3, -0.25) is 4.79 Å². The van der Waals surface area contributed by atoms with Gasteiger partial charge in [-0.25, -0.2) is 4.99 Å². The second-order valence-electron chi connectivity index (χ2n) is 5.46. The van der Waals surface area contributed by atoms with Crippen LogP contribution in [0.1, 0.15) is 39.0 Å². The van der Waals surface area contributed by atoms with E-state index >= 15 is 0 Å². The fraction of sp³-hybridized carbons (Fsp3) is 0.750. The molecule has 1 fully saturated rings. The summed E-state index contributed by atoms with van der Waals surface area (Å²) in [4.78, 5) is 20.6. The lowest BCUT2D eigenvalue weighted by molar-refractivity contribution is -0.130. The quantitative estimate of drug-likeness (QED) is 0.337. The summed E-state index contributed by atoms with van der Waals surface area (Å²) in [5.74, 6) is 0.955. The van der Waals surface area contributed by atoms with Gasteiger partial charge in [0.25, 0.3) is 0 Å². The minimum atomic E-state index is 0.143. The van der Waals surface area contributed by atoms with Gasteiger partial charge in [0, 0.05) is 33.2 Å². The number of hydrogen-bond acceptors (Lipinski definition) is 2. The average molecular weight is 294 g/mol. The van der Waals surface area contributed by atoms with Crippen molar-refractivity contribution in [2.45, 2.75) is 39.0 Å². The topological polar surface area (TPSA) is 47.9 Å². The first-order valence-corrected chi connectivity index (χ1v) is 8.07.